The summed E-state index contributed by atoms with van der Waals surface area (Å²) in [5.74, 6) is 0.760. The van der Waals surface area contributed by atoms with Crippen LogP contribution in [-0.4, -0.2) is 52.0 Å². The van der Waals surface area contributed by atoms with Gasteiger partial charge in [0, 0.05) is 11.8 Å². The van der Waals surface area contributed by atoms with Crippen LogP contribution in [-0.2, 0) is 0 Å². The minimum absolute atomic E-state index is 0.137. The van der Waals surface area contributed by atoms with E-state index in [1.165, 1.54) is 0 Å². The van der Waals surface area contributed by atoms with Gasteiger partial charge in [-0.15, -0.1) is 5.10 Å². The molecule has 1 amide bonds. The van der Waals surface area contributed by atoms with Gasteiger partial charge in [-0.25, -0.2) is 4.68 Å². The van der Waals surface area contributed by atoms with Crippen LogP contribution in [0.15, 0.2) is 6.20 Å². The molecule has 106 valence electrons. The topological polar surface area (TPSA) is 71.8 Å². The number of nitrogens with one attached hydrogen (secondary N) is 2. The molecule has 1 aliphatic heterocycles. The van der Waals surface area contributed by atoms with Gasteiger partial charge in [0.15, 0.2) is 5.69 Å². The number of hydrogen-bond donors (Lipinski definition) is 2. The Labute approximate surface area is 117 Å². The van der Waals surface area contributed by atoms with Gasteiger partial charge >= 0.3 is 0 Å². The molecule has 2 heterocycles. The first kappa shape index (κ1) is 14.3. The van der Waals surface area contributed by atoms with Gasteiger partial charge in [0.05, 0.1) is 12.2 Å². The summed E-state index contributed by atoms with van der Waals surface area (Å²) in [7, 11) is 0. The second-order valence-corrected chi connectivity index (χ2v) is 5.81. The first-order valence-corrected chi connectivity index (χ1v) is 8.02. The maximum atomic E-state index is 12.0. The Morgan fingerprint density at radius 1 is 1.63 bits per heavy atom. The maximum Gasteiger partial charge on any atom is 0.273 e. The fraction of sp³-hybridized carbons (Fsp3) is 0.750. The van der Waals surface area contributed by atoms with Gasteiger partial charge in [-0.1, -0.05) is 5.21 Å². The van der Waals surface area contributed by atoms with Crippen LogP contribution in [0.2, 0.25) is 0 Å². The van der Waals surface area contributed by atoms with Gasteiger partial charge in [-0.05, 0) is 39.1 Å². The number of rotatable bonds is 5. The van der Waals surface area contributed by atoms with Crippen LogP contribution < -0.4 is 10.6 Å². The zero-order valence-electron chi connectivity index (χ0n) is 11.4. The van der Waals surface area contributed by atoms with Crippen LogP contribution in [0.3, 0.4) is 0 Å². The fourth-order valence-electron chi connectivity index (χ4n) is 2.22. The van der Waals surface area contributed by atoms with Crippen molar-refractivity contribution in [2.24, 2.45) is 0 Å². The molecule has 6 nitrogen and oxygen atoms in total. The predicted octanol–water partition coefficient (Wildman–Crippen LogP) is 0.684. The lowest BCUT2D eigenvalue weighted by Gasteiger charge is -2.22. The summed E-state index contributed by atoms with van der Waals surface area (Å²) < 4.78 is 1.83. The lowest BCUT2D eigenvalue weighted by atomic mass is 10.1. The molecule has 0 radical (unpaired) electrons. The zero-order chi connectivity index (χ0) is 13.7. The molecule has 7 heteroatoms. The Kier molecular flexibility index (Phi) is 5.21. The number of nitrogens with zero attached hydrogens (tertiary/aromatic N) is 3. The average Bonchev–Trinajstić information content (AvgIpc) is 2.89. The van der Waals surface area contributed by atoms with Gasteiger partial charge in [0.2, 0.25) is 0 Å². The molecule has 19 heavy (non-hydrogen) atoms. The maximum absolute atomic E-state index is 12.0. The fourth-order valence-corrected chi connectivity index (χ4v) is 2.80. The molecule has 2 rings (SSSR count). The van der Waals surface area contributed by atoms with Crippen molar-refractivity contribution < 1.29 is 4.79 Å². The Balaban J connectivity index is 1.94. The van der Waals surface area contributed by atoms with Crippen LogP contribution in [0.4, 0.5) is 0 Å². The monoisotopic (exact) mass is 283 g/mol. The van der Waals surface area contributed by atoms with Crippen molar-refractivity contribution in [2.75, 3.05) is 25.1 Å². The van der Waals surface area contributed by atoms with Crippen LogP contribution in [0.5, 0.6) is 0 Å². The highest BCUT2D eigenvalue weighted by molar-refractivity contribution is 7.98. The van der Waals surface area contributed by atoms with Crippen molar-refractivity contribution in [3.8, 4) is 0 Å². The summed E-state index contributed by atoms with van der Waals surface area (Å²) in [6, 6.07) is 0.505. The highest BCUT2D eigenvalue weighted by Gasteiger charge is 2.19. The summed E-state index contributed by atoms with van der Waals surface area (Å²) >= 11 is 1.71. The molecule has 1 aromatic heterocycles. The van der Waals surface area contributed by atoms with E-state index in [9.17, 15) is 4.79 Å². The molecular weight excluding hydrogens is 262 g/mol. The van der Waals surface area contributed by atoms with Gasteiger partial charge < -0.3 is 10.6 Å². The first-order valence-electron chi connectivity index (χ1n) is 6.63. The number of thioether (sulfide) groups is 1. The van der Waals surface area contributed by atoms with E-state index in [-0.39, 0.29) is 11.9 Å². The van der Waals surface area contributed by atoms with E-state index < -0.39 is 0 Å². The summed E-state index contributed by atoms with van der Waals surface area (Å²) in [4.78, 5) is 12.0. The first-order chi connectivity index (χ1) is 9.20. The standard InChI is InChI=1S/C12H21N5OS/c1-9(8-19-2)14-12(18)11-7-17(16-15-11)10-3-5-13-6-4-10/h7,9-10,13H,3-6,8H2,1-2H3,(H,14,18). The van der Waals surface area contributed by atoms with Gasteiger partial charge in [0.25, 0.3) is 5.91 Å². The van der Waals surface area contributed by atoms with Gasteiger partial charge in [-0.3, -0.25) is 4.79 Å². The third kappa shape index (κ3) is 3.94. The van der Waals surface area contributed by atoms with Crippen molar-refractivity contribution in [3.05, 3.63) is 11.9 Å². The average molecular weight is 283 g/mol. The molecule has 1 unspecified atom stereocenters. The van der Waals surface area contributed by atoms with Gasteiger partial charge in [-0.2, -0.15) is 11.8 Å². The number of piperidine rings is 1. The highest BCUT2D eigenvalue weighted by Crippen LogP contribution is 2.17. The molecule has 1 aromatic rings. The molecule has 0 aliphatic carbocycles. The third-order valence-corrected chi connectivity index (χ3v) is 4.05. The third-order valence-electron chi connectivity index (χ3n) is 3.22. The number of hydrogen-bond acceptors (Lipinski definition) is 5. The molecule has 0 saturated carbocycles. The molecule has 1 fully saturated rings. The number of carbonyl (C=O) groups excluding carboxylic acids is 1. The largest absolute Gasteiger partial charge is 0.347 e. The molecule has 1 saturated heterocycles. The minimum atomic E-state index is -0.137. The lowest BCUT2D eigenvalue weighted by molar-refractivity contribution is 0.0938. The van der Waals surface area contributed by atoms with Crippen molar-refractivity contribution in [3.63, 3.8) is 0 Å². The summed E-state index contributed by atoms with van der Waals surface area (Å²) in [6.07, 6.45) is 5.85. The molecule has 0 bridgehead atoms. The van der Waals surface area contributed by atoms with Crippen LogP contribution in [0.25, 0.3) is 0 Å². The zero-order valence-corrected chi connectivity index (χ0v) is 12.2. The van der Waals surface area contributed by atoms with Crippen molar-refractivity contribution in [2.45, 2.75) is 31.8 Å². The second kappa shape index (κ2) is 6.91. The summed E-state index contributed by atoms with van der Waals surface area (Å²) in [6.45, 7) is 3.99. The summed E-state index contributed by atoms with van der Waals surface area (Å²) in [5, 5.41) is 14.3. The van der Waals surface area contributed by atoms with Crippen molar-refractivity contribution in [1.82, 2.24) is 25.6 Å². The minimum Gasteiger partial charge on any atom is -0.347 e. The van der Waals surface area contributed by atoms with Crippen LogP contribution in [0, 0.1) is 0 Å². The van der Waals surface area contributed by atoms with E-state index in [0.717, 1.165) is 31.7 Å². The smallest absolute Gasteiger partial charge is 0.273 e. The molecular formula is C12H21N5OS. The Hall–Kier alpha value is -1.08. The second-order valence-electron chi connectivity index (χ2n) is 4.89. The molecule has 1 atom stereocenters. The van der Waals surface area contributed by atoms with E-state index >= 15 is 0 Å². The van der Waals surface area contributed by atoms with E-state index in [2.05, 4.69) is 20.9 Å². The van der Waals surface area contributed by atoms with E-state index in [1.807, 2.05) is 17.9 Å². The Morgan fingerprint density at radius 2 is 2.37 bits per heavy atom. The summed E-state index contributed by atoms with van der Waals surface area (Å²) in [5.41, 5.74) is 0.409. The van der Waals surface area contributed by atoms with Crippen LogP contribution in [0.1, 0.15) is 36.3 Å². The van der Waals surface area contributed by atoms with Crippen molar-refractivity contribution in [1.29, 1.82) is 0 Å². The van der Waals surface area contributed by atoms with Crippen LogP contribution >= 0.6 is 11.8 Å². The number of amides is 1. The number of aromatic nitrogens is 3. The normalized spacial score (nSPS) is 18.2. The molecule has 2 N–H and O–H groups in total. The quantitative estimate of drug-likeness (QED) is 0.831. The Bertz CT molecular complexity index is 416. The highest BCUT2D eigenvalue weighted by atomic mass is 32.2. The predicted molar refractivity (Wildman–Crippen MR) is 76.5 cm³/mol. The SMILES string of the molecule is CSCC(C)NC(=O)c1cn(C2CCNCC2)nn1. The Morgan fingerprint density at radius 3 is 3.05 bits per heavy atom. The molecule has 0 spiro atoms. The van der Waals surface area contributed by atoms with Gasteiger partial charge in [0.1, 0.15) is 0 Å². The van der Waals surface area contributed by atoms with Crippen molar-refractivity contribution >= 4 is 17.7 Å². The molecule has 1 aliphatic rings. The molecule has 0 aromatic carbocycles. The van der Waals surface area contributed by atoms with E-state index in [0.29, 0.717) is 11.7 Å². The van der Waals surface area contributed by atoms with E-state index in [4.69, 9.17) is 0 Å². The van der Waals surface area contributed by atoms with E-state index in [1.54, 1.807) is 18.0 Å². The lowest BCUT2D eigenvalue weighted by Crippen LogP contribution is -2.34. The number of carbonyl (C=O) groups is 1.